The van der Waals surface area contributed by atoms with Gasteiger partial charge in [0, 0.05) is 20.3 Å². The molecule has 1 N–H and O–H groups in total. The van der Waals surface area contributed by atoms with E-state index in [1.807, 2.05) is 0 Å². The van der Waals surface area contributed by atoms with Crippen LogP contribution in [0, 0.1) is 0 Å². The normalized spacial score (nSPS) is 11.8. The van der Waals surface area contributed by atoms with E-state index in [0.717, 1.165) is 16.8 Å². The molecule has 0 aliphatic rings. The van der Waals surface area contributed by atoms with E-state index in [1.165, 1.54) is 25.9 Å². The highest BCUT2D eigenvalue weighted by Crippen LogP contribution is 2.08. The van der Waals surface area contributed by atoms with Crippen molar-refractivity contribution in [3.05, 3.63) is 39.7 Å². The van der Waals surface area contributed by atoms with Crippen LogP contribution in [0.3, 0.4) is 0 Å². The Balaban J connectivity index is 3.57. The first kappa shape index (κ1) is 15.4. The molecular formula is C12H15N3O5. The monoisotopic (exact) mass is 281 g/mol. The van der Waals surface area contributed by atoms with Gasteiger partial charge in [0.15, 0.2) is 0 Å². The van der Waals surface area contributed by atoms with E-state index in [2.05, 4.69) is 6.58 Å². The van der Waals surface area contributed by atoms with E-state index in [1.54, 1.807) is 0 Å². The molecule has 1 aromatic rings. The largest absolute Gasteiger partial charge is 0.480 e. The molecule has 8 heteroatoms. The Morgan fingerprint density at radius 2 is 2.00 bits per heavy atom. The second-order valence-corrected chi connectivity index (χ2v) is 4.20. The number of aromatic nitrogens is 2. The molecule has 1 atom stereocenters. The van der Waals surface area contributed by atoms with Crippen LogP contribution in [0.15, 0.2) is 28.4 Å². The molecule has 1 rings (SSSR count). The number of aliphatic carboxylic acids is 1. The first-order valence-corrected chi connectivity index (χ1v) is 5.67. The molecule has 0 radical (unpaired) electrons. The maximum atomic E-state index is 12.0. The number of carbonyl (C=O) groups excluding carboxylic acids is 1. The molecule has 0 bridgehead atoms. The molecule has 0 saturated carbocycles. The molecule has 108 valence electrons. The van der Waals surface area contributed by atoms with Crippen LogP contribution < -0.4 is 16.1 Å². The number of hydrogen-bond acceptors (Lipinski definition) is 5. The zero-order chi connectivity index (χ0) is 15.6. The minimum absolute atomic E-state index is 0.0720. The van der Waals surface area contributed by atoms with Gasteiger partial charge in [-0.1, -0.05) is 6.58 Å². The van der Waals surface area contributed by atoms with Crippen molar-refractivity contribution in [1.82, 2.24) is 9.13 Å². The maximum Gasteiger partial charge on any atom is 0.337 e. The smallest absolute Gasteiger partial charge is 0.337 e. The SMILES string of the molecule is C=CC(=O)n1cc(N(C)[C@@H](C)C(=O)O)c(=O)n(C)c1=O. The second-order valence-electron chi connectivity index (χ2n) is 4.20. The molecule has 1 aromatic heterocycles. The Hall–Kier alpha value is -2.64. The van der Waals surface area contributed by atoms with Crippen LogP contribution in [0.25, 0.3) is 0 Å². The number of likely N-dealkylation sites (N-methyl/N-ethyl adjacent to an activating group) is 1. The molecule has 0 aliphatic carbocycles. The molecule has 0 aromatic carbocycles. The summed E-state index contributed by atoms with van der Waals surface area (Å²) in [5, 5.41) is 8.95. The lowest BCUT2D eigenvalue weighted by atomic mass is 10.3. The van der Waals surface area contributed by atoms with Gasteiger partial charge in [-0.2, -0.15) is 0 Å². The van der Waals surface area contributed by atoms with Gasteiger partial charge in [-0.25, -0.2) is 14.2 Å². The van der Waals surface area contributed by atoms with E-state index in [9.17, 15) is 19.2 Å². The van der Waals surface area contributed by atoms with E-state index in [-0.39, 0.29) is 5.69 Å². The van der Waals surface area contributed by atoms with Gasteiger partial charge < -0.3 is 10.0 Å². The Labute approximate surface area is 114 Å². The van der Waals surface area contributed by atoms with Crippen molar-refractivity contribution in [3.63, 3.8) is 0 Å². The van der Waals surface area contributed by atoms with Crippen LogP contribution in [-0.4, -0.2) is 39.2 Å². The minimum Gasteiger partial charge on any atom is -0.480 e. The number of anilines is 1. The zero-order valence-electron chi connectivity index (χ0n) is 11.4. The van der Waals surface area contributed by atoms with Crippen molar-refractivity contribution in [2.45, 2.75) is 13.0 Å². The van der Waals surface area contributed by atoms with Gasteiger partial charge in [-0.15, -0.1) is 0 Å². The third kappa shape index (κ3) is 2.53. The Morgan fingerprint density at radius 1 is 1.45 bits per heavy atom. The average molecular weight is 281 g/mol. The summed E-state index contributed by atoms with van der Waals surface area (Å²) in [6.45, 7) is 4.65. The molecular weight excluding hydrogens is 266 g/mol. The maximum absolute atomic E-state index is 12.0. The average Bonchev–Trinajstić information content (AvgIpc) is 2.42. The second kappa shape index (κ2) is 5.55. The van der Waals surface area contributed by atoms with E-state index >= 15 is 0 Å². The fourth-order valence-electron chi connectivity index (χ4n) is 1.53. The first-order valence-electron chi connectivity index (χ1n) is 5.67. The lowest BCUT2D eigenvalue weighted by Gasteiger charge is -2.23. The number of carboxylic acid groups (broad SMARTS) is 1. The molecule has 0 fully saturated rings. The summed E-state index contributed by atoms with van der Waals surface area (Å²) in [7, 11) is 2.60. The van der Waals surface area contributed by atoms with Gasteiger partial charge in [0.2, 0.25) is 0 Å². The molecule has 0 amide bonds. The highest BCUT2D eigenvalue weighted by molar-refractivity contribution is 5.89. The van der Waals surface area contributed by atoms with E-state index < -0.39 is 29.2 Å². The Kier molecular flexibility index (Phi) is 4.28. The minimum atomic E-state index is -1.14. The molecule has 20 heavy (non-hydrogen) atoms. The fourth-order valence-corrected chi connectivity index (χ4v) is 1.53. The molecule has 0 saturated heterocycles. The van der Waals surface area contributed by atoms with E-state index in [4.69, 9.17) is 5.11 Å². The van der Waals surface area contributed by atoms with Crippen LogP contribution >= 0.6 is 0 Å². The quantitative estimate of drug-likeness (QED) is 0.731. The summed E-state index contributed by atoms with van der Waals surface area (Å²) in [5.74, 6) is -1.84. The van der Waals surface area contributed by atoms with Gasteiger partial charge >= 0.3 is 11.7 Å². The third-order valence-corrected chi connectivity index (χ3v) is 3.00. The predicted molar refractivity (Wildman–Crippen MR) is 72.3 cm³/mol. The van der Waals surface area contributed by atoms with Gasteiger partial charge in [0.1, 0.15) is 11.7 Å². The standard InChI is InChI=1S/C12H15N3O5/c1-5-9(16)15-6-8(10(17)14(4)12(15)20)13(3)7(2)11(18)19/h5-7H,1H2,2-4H3,(H,18,19)/t7-/m0/s1. The first-order chi connectivity index (χ1) is 9.22. The van der Waals surface area contributed by atoms with Crippen molar-refractivity contribution in [3.8, 4) is 0 Å². The predicted octanol–water partition coefficient (Wildman–Crippen LogP) is -0.717. The van der Waals surface area contributed by atoms with Crippen molar-refractivity contribution in [2.75, 3.05) is 11.9 Å². The van der Waals surface area contributed by atoms with Crippen LogP contribution in [0.1, 0.15) is 11.7 Å². The van der Waals surface area contributed by atoms with E-state index in [0.29, 0.717) is 4.57 Å². The molecule has 0 spiro atoms. The summed E-state index contributed by atoms with van der Waals surface area (Å²) < 4.78 is 1.44. The number of hydrogen-bond donors (Lipinski definition) is 1. The van der Waals surface area contributed by atoms with Crippen molar-refractivity contribution >= 4 is 17.6 Å². The van der Waals surface area contributed by atoms with Crippen LogP contribution in [0.2, 0.25) is 0 Å². The summed E-state index contributed by atoms with van der Waals surface area (Å²) in [4.78, 5) is 47.5. The Bertz CT molecular complexity index is 685. The third-order valence-electron chi connectivity index (χ3n) is 3.00. The van der Waals surface area contributed by atoms with Crippen molar-refractivity contribution in [1.29, 1.82) is 0 Å². The zero-order valence-corrected chi connectivity index (χ0v) is 11.4. The highest BCUT2D eigenvalue weighted by Gasteiger charge is 2.22. The van der Waals surface area contributed by atoms with Gasteiger partial charge in [0.05, 0.1) is 0 Å². The van der Waals surface area contributed by atoms with Crippen LogP contribution in [0.5, 0.6) is 0 Å². The number of carbonyl (C=O) groups is 2. The Morgan fingerprint density at radius 3 is 2.45 bits per heavy atom. The summed E-state index contributed by atoms with van der Waals surface area (Å²) >= 11 is 0. The van der Waals surface area contributed by atoms with Crippen molar-refractivity contribution < 1.29 is 14.7 Å². The highest BCUT2D eigenvalue weighted by atomic mass is 16.4. The van der Waals surface area contributed by atoms with Gasteiger partial charge in [0.25, 0.3) is 11.5 Å². The molecule has 0 aliphatic heterocycles. The lowest BCUT2D eigenvalue weighted by Crippen LogP contribution is -2.45. The summed E-state index contributed by atoms with van der Waals surface area (Å²) in [6, 6.07) is -0.993. The van der Waals surface area contributed by atoms with Gasteiger partial charge in [-0.3, -0.25) is 14.2 Å². The van der Waals surface area contributed by atoms with Crippen LogP contribution in [0.4, 0.5) is 5.69 Å². The number of rotatable bonds is 4. The van der Waals surface area contributed by atoms with Crippen molar-refractivity contribution in [2.24, 2.45) is 7.05 Å². The number of allylic oxidation sites excluding steroid dienone is 1. The number of carboxylic acids is 1. The topological polar surface area (TPSA) is 102 Å². The summed E-state index contributed by atoms with van der Waals surface area (Å²) in [5.41, 5.74) is -1.57. The molecule has 1 heterocycles. The van der Waals surface area contributed by atoms with Crippen LogP contribution in [-0.2, 0) is 11.8 Å². The van der Waals surface area contributed by atoms with Gasteiger partial charge in [-0.05, 0) is 13.0 Å². The summed E-state index contributed by atoms with van der Waals surface area (Å²) in [6.07, 6.45) is 1.95. The fraction of sp³-hybridized carbons (Fsp3) is 0.333. The molecule has 0 unspecified atom stereocenters. The number of nitrogens with zero attached hydrogens (tertiary/aromatic N) is 3. The lowest BCUT2D eigenvalue weighted by molar-refractivity contribution is -0.138. The molecule has 8 nitrogen and oxygen atoms in total.